The molecule has 142 valence electrons. The van der Waals surface area contributed by atoms with Gasteiger partial charge in [0.1, 0.15) is 29.1 Å². The van der Waals surface area contributed by atoms with E-state index in [4.69, 9.17) is 13.9 Å². The smallest absolute Gasteiger partial charge is 0.331 e. The number of hydrogen-bond donors (Lipinski definition) is 0. The van der Waals surface area contributed by atoms with Crippen molar-refractivity contribution < 1.29 is 18.7 Å². The molecule has 0 fully saturated rings. The number of para-hydroxylation sites is 1. The molecule has 0 radical (unpaired) electrons. The van der Waals surface area contributed by atoms with Crippen molar-refractivity contribution in [1.29, 1.82) is 0 Å². The van der Waals surface area contributed by atoms with Crippen LogP contribution in [0.5, 0.6) is 11.5 Å². The largest absolute Gasteiger partial charge is 0.494 e. The summed E-state index contributed by atoms with van der Waals surface area (Å²) in [7, 11) is 0. The number of rotatable bonds is 6. The number of ether oxygens (including phenoxy) is 2. The van der Waals surface area contributed by atoms with E-state index in [0.717, 1.165) is 11.8 Å². The Morgan fingerprint density at radius 2 is 1.86 bits per heavy atom. The van der Waals surface area contributed by atoms with Gasteiger partial charge in [-0.1, -0.05) is 19.1 Å². The summed E-state index contributed by atoms with van der Waals surface area (Å²) in [6.07, 6.45) is 2.24. The Labute approximate surface area is 160 Å². The van der Waals surface area contributed by atoms with Crippen molar-refractivity contribution in [3.8, 4) is 11.5 Å². The van der Waals surface area contributed by atoms with Gasteiger partial charge in [0.15, 0.2) is 0 Å². The third-order valence-corrected chi connectivity index (χ3v) is 4.18. The van der Waals surface area contributed by atoms with Gasteiger partial charge in [-0.25, -0.2) is 9.78 Å². The molecule has 0 saturated heterocycles. The summed E-state index contributed by atoms with van der Waals surface area (Å²) in [6.45, 7) is 2.38. The van der Waals surface area contributed by atoms with Crippen LogP contribution in [0.3, 0.4) is 0 Å². The normalized spacial score (nSPS) is 11.0. The first-order valence-electron chi connectivity index (χ1n) is 8.96. The number of nitrogens with zero attached hydrogens (tertiary/aromatic N) is 2. The van der Waals surface area contributed by atoms with Crippen molar-refractivity contribution >= 4 is 28.0 Å². The van der Waals surface area contributed by atoms with E-state index in [-0.39, 0.29) is 12.1 Å². The van der Waals surface area contributed by atoms with E-state index in [2.05, 4.69) is 4.98 Å². The van der Waals surface area contributed by atoms with E-state index in [1.807, 2.05) is 25.1 Å². The van der Waals surface area contributed by atoms with Crippen LogP contribution in [0.4, 0.5) is 0 Å². The summed E-state index contributed by atoms with van der Waals surface area (Å²) >= 11 is 0. The molecule has 2 heterocycles. The second kappa shape index (κ2) is 7.56. The molecule has 0 N–H and O–H groups in total. The van der Waals surface area contributed by atoms with Gasteiger partial charge in [-0.3, -0.25) is 9.36 Å². The first kappa shape index (κ1) is 17.8. The molecular formula is C21H18N2O5. The predicted octanol–water partition coefficient (Wildman–Crippen LogP) is 3.54. The molecule has 0 unspecified atom stereocenters. The monoisotopic (exact) mass is 378 g/mol. The van der Waals surface area contributed by atoms with E-state index in [0.29, 0.717) is 29.2 Å². The van der Waals surface area contributed by atoms with Crippen molar-refractivity contribution in [2.45, 2.75) is 19.9 Å². The quantitative estimate of drug-likeness (QED) is 0.377. The number of benzene rings is 2. The van der Waals surface area contributed by atoms with Crippen LogP contribution in [0.2, 0.25) is 0 Å². The molecule has 2 aromatic carbocycles. The number of aromatic nitrogens is 2. The van der Waals surface area contributed by atoms with Gasteiger partial charge >= 0.3 is 5.97 Å². The lowest BCUT2D eigenvalue weighted by Gasteiger charge is -2.08. The van der Waals surface area contributed by atoms with E-state index >= 15 is 0 Å². The number of fused-ring (bicyclic) bond motifs is 3. The Kier molecular flexibility index (Phi) is 4.80. The number of hydrogen-bond acceptors (Lipinski definition) is 6. The molecule has 0 atom stereocenters. The second-order valence-electron chi connectivity index (χ2n) is 6.25. The van der Waals surface area contributed by atoms with E-state index < -0.39 is 11.5 Å². The van der Waals surface area contributed by atoms with Gasteiger partial charge in [0, 0.05) is 5.39 Å². The zero-order valence-electron chi connectivity index (χ0n) is 15.3. The fourth-order valence-electron chi connectivity index (χ4n) is 2.85. The summed E-state index contributed by atoms with van der Waals surface area (Å²) in [5, 5.41) is 0.759. The van der Waals surface area contributed by atoms with Crippen molar-refractivity contribution in [2.24, 2.45) is 0 Å². The summed E-state index contributed by atoms with van der Waals surface area (Å²) in [5.74, 6) is 0.499. The highest BCUT2D eigenvalue weighted by Crippen LogP contribution is 2.24. The number of carbonyl (C=O) groups excluding carboxylic acids is 1. The Morgan fingerprint density at radius 1 is 1.11 bits per heavy atom. The summed E-state index contributed by atoms with van der Waals surface area (Å²) in [4.78, 5) is 29.1. The lowest BCUT2D eigenvalue weighted by Crippen LogP contribution is -2.26. The molecule has 0 bridgehead atoms. The molecule has 0 aliphatic heterocycles. The van der Waals surface area contributed by atoms with Gasteiger partial charge in [-0.2, -0.15) is 0 Å². The minimum atomic E-state index is -0.582. The molecular weight excluding hydrogens is 360 g/mol. The lowest BCUT2D eigenvalue weighted by atomic mass is 10.2. The van der Waals surface area contributed by atoms with Crippen LogP contribution < -0.4 is 15.0 Å². The maximum absolute atomic E-state index is 12.6. The topological polar surface area (TPSA) is 83.6 Å². The van der Waals surface area contributed by atoms with Gasteiger partial charge < -0.3 is 13.9 Å². The Bertz CT molecular complexity index is 1190. The highest BCUT2D eigenvalue weighted by molar-refractivity contribution is 6.01. The maximum atomic E-state index is 12.6. The van der Waals surface area contributed by atoms with Crippen molar-refractivity contribution in [2.75, 3.05) is 6.61 Å². The Balaban J connectivity index is 1.51. The van der Waals surface area contributed by atoms with Crippen LogP contribution in [-0.2, 0) is 11.3 Å². The summed E-state index contributed by atoms with van der Waals surface area (Å²) < 4.78 is 17.6. The van der Waals surface area contributed by atoms with Crippen LogP contribution in [0.1, 0.15) is 13.3 Å². The van der Waals surface area contributed by atoms with Crippen LogP contribution in [0, 0.1) is 0 Å². The van der Waals surface area contributed by atoms with Gasteiger partial charge in [0.2, 0.25) is 5.58 Å². The number of esters is 1. The van der Waals surface area contributed by atoms with Gasteiger partial charge in [-0.15, -0.1) is 0 Å². The summed E-state index contributed by atoms with van der Waals surface area (Å²) in [6, 6.07) is 14.0. The van der Waals surface area contributed by atoms with Crippen molar-refractivity contribution in [1.82, 2.24) is 9.55 Å². The van der Waals surface area contributed by atoms with Gasteiger partial charge in [0.05, 0.1) is 12.9 Å². The molecule has 2 aromatic heterocycles. The maximum Gasteiger partial charge on any atom is 0.331 e. The van der Waals surface area contributed by atoms with Crippen molar-refractivity contribution in [3.05, 3.63) is 65.2 Å². The third kappa shape index (κ3) is 3.46. The molecule has 7 heteroatoms. The second-order valence-corrected chi connectivity index (χ2v) is 6.25. The minimum Gasteiger partial charge on any atom is -0.494 e. The molecule has 0 aliphatic carbocycles. The average molecular weight is 378 g/mol. The number of furan rings is 1. The lowest BCUT2D eigenvalue weighted by molar-refractivity contribution is -0.135. The van der Waals surface area contributed by atoms with Crippen LogP contribution in [0.15, 0.2) is 64.1 Å². The SMILES string of the molecule is CCCOc1ccc(OC(=O)Cn2cnc3c(oc4ccccc43)c2=O)cc1. The van der Waals surface area contributed by atoms with Crippen LogP contribution >= 0.6 is 0 Å². The zero-order chi connectivity index (χ0) is 19.5. The fraction of sp³-hybridized carbons (Fsp3) is 0.190. The molecule has 0 aliphatic rings. The first-order valence-corrected chi connectivity index (χ1v) is 8.96. The Morgan fingerprint density at radius 3 is 2.64 bits per heavy atom. The highest BCUT2D eigenvalue weighted by atomic mass is 16.5. The Hall–Kier alpha value is -3.61. The van der Waals surface area contributed by atoms with Gasteiger partial charge in [-0.05, 0) is 42.8 Å². The molecule has 4 rings (SSSR count). The fourth-order valence-corrected chi connectivity index (χ4v) is 2.85. The zero-order valence-corrected chi connectivity index (χ0v) is 15.3. The highest BCUT2D eigenvalue weighted by Gasteiger charge is 2.15. The van der Waals surface area contributed by atoms with E-state index in [9.17, 15) is 9.59 Å². The standard InChI is InChI=1S/C21H18N2O5/c1-2-11-26-14-7-9-15(10-8-14)27-18(24)12-23-13-22-19-16-5-3-4-6-17(16)28-20(19)21(23)25/h3-10,13H,2,11-12H2,1H3. The summed E-state index contributed by atoms with van der Waals surface area (Å²) in [5.41, 5.74) is 0.746. The first-order chi connectivity index (χ1) is 13.7. The predicted molar refractivity (Wildman–Crippen MR) is 104 cm³/mol. The molecule has 0 spiro atoms. The number of carbonyl (C=O) groups is 1. The third-order valence-electron chi connectivity index (χ3n) is 4.18. The van der Waals surface area contributed by atoms with Crippen LogP contribution in [0.25, 0.3) is 22.1 Å². The molecule has 4 aromatic rings. The minimum absolute atomic E-state index is 0.119. The van der Waals surface area contributed by atoms with Gasteiger partial charge in [0.25, 0.3) is 5.56 Å². The average Bonchev–Trinajstić information content (AvgIpc) is 3.09. The molecule has 0 saturated carbocycles. The van der Waals surface area contributed by atoms with E-state index in [1.54, 1.807) is 30.3 Å². The molecule has 7 nitrogen and oxygen atoms in total. The van der Waals surface area contributed by atoms with Crippen molar-refractivity contribution in [3.63, 3.8) is 0 Å². The van der Waals surface area contributed by atoms with Crippen LogP contribution in [-0.4, -0.2) is 22.1 Å². The molecule has 0 amide bonds. The van der Waals surface area contributed by atoms with E-state index in [1.165, 1.54) is 10.9 Å². The molecule has 28 heavy (non-hydrogen) atoms.